The van der Waals surface area contributed by atoms with E-state index in [1.807, 2.05) is 26.0 Å². The summed E-state index contributed by atoms with van der Waals surface area (Å²) in [5.74, 6) is -8.94. The average Bonchev–Trinajstić information content (AvgIpc) is 1.59. The van der Waals surface area contributed by atoms with Gasteiger partial charge < -0.3 is 66.4 Å². The summed E-state index contributed by atoms with van der Waals surface area (Å²) in [6, 6.07) is 14.0. The van der Waals surface area contributed by atoms with E-state index in [9.17, 15) is 85.4 Å². The number of methoxy groups -OCH3 is 2. The summed E-state index contributed by atoms with van der Waals surface area (Å²) in [4.78, 5) is 185. The molecule has 0 aliphatic carbocycles. The molecular formula is C80H125N5O35P4. The molecule has 4 fully saturated rings. The fourth-order valence-electron chi connectivity index (χ4n) is 10.6. The number of hydrogen-bond acceptors (Lipinski definition) is 35. The average molecular weight is 1840 g/mol. The van der Waals surface area contributed by atoms with Crippen molar-refractivity contribution in [3.05, 3.63) is 59.7 Å². The summed E-state index contributed by atoms with van der Waals surface area (Å²) in [5.41, 5.74) is -6.81. The van der Waals surface area contributed by atoms with Gasteiger partial charge in [0.15, 0.2) is 12.3 Å². The van der Waals surface area contributed by atoms with E-state index in [2.05, 4.69) is 14.6 Å². The second-order valence-corrected chi connectivity index (χ2v) is 42.7. The molecule has 2 aromatic rings. The molecule has 40 nitrogen and oxygen atoms in total. The third-order valence-corrected chi connectivity index (χ3v) is 26.7. The minimum atomic E-state index is -4.59. The first-order valence-electron chi connectivity index (χ1n) is 40.0. The number of amides is 4. The molecule has 4 aliphatic rings. The lowest BCUT2D eigenvalue weighted by atomic mass is 9.98. The number of carbonyl (C=O) groups excluding carboxylic acids is 14. The van der Waals surface area contributed by atoms with Crippen LogP contribution in [0.1, 0.15) is 200 Å². The summed E-state index contributed by atoms with van der Waals surface area (Å²) in [7, 11) is -10.9. The molecule has 8 unspecified atom stereocenters. The molecule has 4 saturated heterocycles. The Morgan fingerprint density at radius 1 is 0.452 bits per heavy atom. The number of hydroxylamine groups is 4. The van der Waals surface area contributed by atoms with Crippen molar-refractivity contribution in [1.29, 1.82) is 0 Å². The molecule has 0 radical (unpaired) electrons. The zero-order chi connectivity index (χ0) is 94.4. The fourth-order valence-corrected chi connectivity index (χ4v) is 18.2. The van der Waals surface area contributed by atoms with Crippen LogP contribution in [0.5, 0.6) is 11.5 Å². The second-order valence-electron chi connectivity index (χ2n) is 33.8. The first-order valence-corrected chi connectivity index (χ1v) is 46.6. The summed E-state index contributed by atoms with van der Waals surface area (Å²) in [6.07, 6.45) is -1.61. The number of nitrogens with zero attached hydrogens (tertiary/aromatic N) is 4. The Hall–Kier alpha value is -8.70. The van der Waals surface area contributed by atoms with Gasteiger partial charge in [0, 0.05) is 59.3 Å². The van der Waals surface area contributed by atoms with E-state index in [1.54, 1.807) is 166 Å². The van der Waals surface area contributed by atoms with Gasteiger partial charge in [-0.1, -0.05) is 77.4 Å². The van der Waals surface area contributed by atoms with Crippen molar-refractivity contribution >= 4 is 114 Å². The third-order valence-electron chi connectivity index (χ3n) is 17.8. The Balaban J connectivity index is 0.000000436. The highest BCUT2D eigenvalue weighted by molar-refractivity contribution is 7.59. The smallest absolute Gasteiger partial charge is 0.392 e. The highest BCUT2D eigenvalue weighted by atomic mass is 31.2. The Morgan fingerprint density at radius 3 is 1.22 bits per heavy atom. The minimum Gasteiger partial charge on any atom is -0.468 e. The molecule has 2 aromatic carbocycles. The fraction of sp³-hybridized carbons (Fsp3) is 0.675. The molecule has 0 saturated carbocycles. The zero-order valence-corrected chi connectivity index (χ0v) is 78.9. The van der Waals surface area contributed by atoms with Crippen molar-refractivity contribution in [3.63, 3.8) is 0 Å². The number of esters is 8. The SMILES string of the molecule is CC(C)CC(=O)OC1CC(P(=O)(OCOC(=O)C(C)(C)C)OCOC(=O)C(C)(C)C)C(=O)N1OC(=O)CC(C)C.CCC(=O)OC1CC(P(=O)(OCOC(=O)C(C)(C)C)OCOC(=O)C(C)(C)C)C(=O)N1OC(=O)CC.COC(=O)CNP(=O)(Oc1ccccc1C)C1CCCN(C)C1=O.COC(=O)COP(=O)(Oc1ccc(C)cc1)C1CCCN(C)C1=O. The molecule has 700 valence electrons. The highest BCUT2D eigenvalue weighted by Crippen LogP contribution is 2.60. The number of aryl methyl sites for hydroxylation is 2. The maximum atomic E-state index is 14.0. The van der Waals surface area contributed by atoms with Crippen LogP contribution in [0.15, 0.2) is 48.5 Å². The van der Waals surface area contributed by atoms with E-state index in [0.29, 0.717) is 54.0 Å². The number of likely N-dealkylation sites (tertiary alicyclic amines) is 2. The van der Waals surface area contributed by atoms with E-state index < -0.39 is 205 Å². The first kappa shape index (κ1) is 109. The lowest BCUT2D eigenvalue weighted by molar-refractivity contribution is -0.228. The van der Waals surface area contributed by atoms with Crippen molar-refractivity contribution < 1.29 is 165 Å². The minimum absolute atomic E-state index is 0.0132. The maximum Gasteiger partial charge on any atom is 0.392 e. The van der Waals surface area contributed by atoms with Gasteiger partial charge in [-0.25, -0.2) is 24.0 Å². The molecule has 4 heterocycles. The van der Waals surface area contributed by atoms with E-state index in [0.717, 1.165) is 17.5 Å². The Labute approximate surface area is 724 Å². The standard InChI is InChI=1S/C26H44NO12P.C22H36NO12P.C16H23N2O5P.C16H22NO6P/c1-16(2)11-20(28)38-19-13-18(22(30)27(19)39-21(29)12-17(3)4)40(33,36-14-34-23(31)25(5,6)7)37-15-35-24(32)26(8,9)10;1-9-16(24)34-15-11-14(18(26)23(15)35-17(25)10-2)36(29,32-12-30-19(27)21(3,4)5)33-13-31-20(28)22(6,7)8;1-12-7-4-5-8-13(12)23-24(21,17-11-15(19)22-3)14-9-6-10-18(2)16(14)20;1-12-6-8-13(9-7-12)23-24(20,22-11-15(18)21-3)14-5-4-10-17(2)16(14)19/h16-19H,11-15H2,1-10H3;14-15H,9-13H2,1-8H3;4-5,7-8,14H,6,9-11H2,1-3H3,(H,17,21);6-9,14H,4-5,10-11H2,1-3H3. The Kier molecular flexibility index (Phi) is 43.1. The van der Waals surface area contributed by atoms with Crippen LogP contribution in [0.25, 0.3) is 0 Å². The van der Waals surface area contributed by atoms with Gasteiger partial charge in [-0.2, -0.15) is 0 Å². The van der Waals surface area contributed by atoms with Crippen molar-refractivity contribution in [2.45, 2.75) is 238 Å². The monoisotopic (exact) mass is 1840 g/mol. The van der Waals surface area contributed by atoms with Crippen molar-refractivity contribution in [2.75, 3.05) is 81.7 Å². The summed E-state index contributed by atoms with van der Waals surface area (Å²) in [6.45, 7) is 29.9. The van der Waals surface area contributed by atoms with Gasteiger partial charge in [-0.3, -0.25) is 89.1 Å². The second kappa shape index (κ2) is 48.9. The number of para-hydroxylation sites is 1. The lowest BCUT2D eigenvalue weighted by Crippen LogP contribution is -2.44. The number of piperidine rings is 2. The van der Waals surface area contributed by atoms with Crippen LogP contribution < -0.4 is 14.1 Å². The summed E-state index contributed by atoms with van der Waals surface area (Å²) in [5, 5.41) is 3.71. The van der Waals surface area contributed by atoms with Gasteiger partial charge >= 0.3 is 90.0 Å². The van der Waals surface area contributed by atoms with Crippen LogP contribution in [-0.4, -0.2) is 220 Å². The molecule has 0 aromatic heterocycles. The first-order chi connectivity index (χ1) is 57.3. The lowest BCUT2D eigenvalue weighted by Gasteiger charge is -2.34. The zero-order valence-electron chi connectivity index (χ0n) is 75.3. The van der Waals surface area contributed by atoms with Crippen LogP contribution in [0, 0.1) is 47.3 Å². The quantitative estimate of drug-likeness (QED) is 0.0286. The molecule has 4 aliphatic heterocycles. The van der Waals surface area contributed by atoms with Crippen LogP contribution >= 0.6 is 30.3 Å². The van der Waals surface area contributed by atoms with Crippen LogP contribution in [0.4, 0.5) is 0 Å². The predicted octanol–water partition coefficient (Wildman–Crippen LogP) is 11.7. The van der Waals surface area contributed by atoms with Crippen LogP contribution in [-0.2, 0) is 156 Å². The molecule has 6 rings (SSSR count). The Bertz CT molecular complexity index is 4150. The molecule has 0 bridgehead atoms. The normalized spacial score (nSPS) is 19.1. The molecule has 1 N–H and O–H groups in total. The van der Waals surface area contributed by atoms with E-state index in [4.69, 9.17) is 69.8 Å². The number of benzene rings is 2. The van der Waals surface area contributed by atoms with Gasteiger partial charge in [0.1, 0.15) is 35.0 Å². The number of nitrogens with one attached hydrogen (secondary N) is 1. The van der Waals surface area contributed by atoms with Crippen LogP contribution in [0.2, 0.25) is 0 Å². The van der Waals surface area contributed by atoms with Gasteiger partial charge in [-0.05, 0) is 158 Å². The number of hydrogen-bond donors (Lipinski definition) is 1. The summed E-state index contributed by atoms with van der Waals surface area (Å²) >= 11 is 0. The summed E-state index contributed by atoms with van der Waals surface area (Å²) < 4.78 is 132. The maximum absolute atomic E-state index is 14.0. The molecule has 44 heteroatoms. The number of carbonyl (C=O) groups is 14. The Morgan fingerprint density at radius 2 is 0.831 bits per heavy atom. The van der Waals surface area contributed by atoms with E-state index >= 15 is 0 Å². The van der Waals surface area contributed by atoms with Crippen molar-refractivity contribution in [3.8, 4) is 11.5 Å². The molecule has 4 amide bonds. The van der Waals surface area contributed by atoms with Crippen molar-refractivity contribution in [1.82, 2.24) is 25.0 Å². The number of ether oxygens (including phenoxy) is 8. The molecule has 8 atom stereocenters. The largest absolute Gasteiger partial charge is 0.468 e. The molecule has 0 spiro atoms. The highest BCUT2D eigenvalue weighted by Gasteiger charge is 2.58. The number of rotatable bonds is 36. The van der Waals surface area contributed by atoms with Crippen molar-refractivity contribution in [2.24, 2.45) is 33.5 Å². The topological polar surface area (TPSA) is 489 Å². The molecule has 124 heavy (non-hydrogen) atoms. The van der Waals surface area contributed by atoms with E-state index in [1.165, 1.54) is 33.0 Å². The van der Waals surface area contributed by atoms with Gasteiger partial charge in [0.2, 0.25) is 51.4 Å². The van der Waals surface area contributed by atoms with Gasteiger partial charge in [0.05, 0.1) is 42.3 Å². The molecular weight excluding hydrogens is 1710 g/mol. The van der Waals surface area contributed by atoms with Crippen LogP contribution in [0.3, 0.4) is 0 Å². The van der Waals surface area contributed by atoms with Gasteiger partial charge in [0.25, 0.3) is 11.8 Å². The van der Waals surface area contributed by atoms with E-state index in [-0.39, 0.29) is 55.9 Å². The van der Waals surface area contributed by atoms with Gasteiger partial charge in [-0.15, -0.1) is 10.1 Å². The third kappa shape index (κ3) is 34.9. The predicted molar refractivity (Wildman–Crippen MR) is 441 cm³/mol.